The lowest BCUT2D eigenvalue weighted by Gasteiger charge is -2.42. The van der Waals surface area contributed by atoms with Gasteiger partial charge in [0, 0.05) is 27.7 Å². The molecule has 1 N–H and O–H groups in total. The molecular formula is C14H20O10. The van der Waals surface area contributed by atoms with Crippen LogP contribution in [0, 0.1) is 0 Å². The van der Waals surface area contributed by atoms with Crippen molar-refractivity contribution >= 4 is 23.9 Å². The van der Waals surface area contributed by atoms with Gasteiger partial charge in [-0.2, -0.15) is 0 Å². The largest absolute Gasteiger partial charge is 0.463 e. The van der Waals surface area contributed by atoms with Crippen molar-refractivity contribution in [3.8, 4) is 0 Å². The molecule has 0 amide bonds. The molecule has 0 saturated carbocycles. The molecule has 0 aliphatic carbocycles. The van der Waals surface area contributed by atoms with E-state index in [1.807, 2.05) is 0 Å². The monoisotopic (exact) mass is 348 g/mol. The molecule has 0 radical (unpaired) electrons. The van der Waals surface area contributed by atoms with E-state index in [0.717, 1.165) is 27.7 Å². The summed E-state index contributed by atoms with van der Waals surface area (Å²) in [5.41, 5.74) is 0. The van der Waals surface area contributed by atoms with Gasteiger partial charge in [0.1, 0.15) is 12.7 Å². The molecule has 1 aliphatic heterocycles. The zero-order valence-corrected chi connectivity index (χ0v) is 13.7. The van der Waals surface area contributed by atoms with Crippen LogP contribution in [0.5, 0.6) is 0 Å². The molecule has 1 fully saturated rings. The van der Waals surface area contributed by atoms with Crippen molar-refractivity contribution in [3.63, 3.8) is 0 Å². The predicted molar refractivity (Wildman–Crippen MR) is 74.2 cm³/mol. The fourth-order valence-corrected chi connectivity index (χ4v) is 2.21. The molecule has 0 aromatic rings. The first-order valence-corrected chi connectivity index (χ1v) is 7.10. The quantitative estimate of drug-likeness (QED) is 0.490. The molecule has 0 aromatic carbocycles. The second kappa shape index (κ2) is 8.60. The Morgan fingerprint density at radius 2 is 1.25 bits per heavy atom. The molecular weight excluding hydrogens is 328 g/mol. The minimum Gasteiger partial charge on any atom is -0.463 e. The van der Waals surface area contributed by atoms with E-state index in [1.165, 1.54) is 0 Å². The summed E-state index contributed by atoms with van der Waals surface area (Å²) in [6, 6.07) is 0. The number of carbonyl (C=O) groups is 4. The average molecular weight is 348 g/mol. The summed E-state index contributed by atoms with van der Waals surface area (Å²) in [6.07, 6.45) is -6.79. The summed E-state index contributed by atoms with van der Waals surface area (Å²) in [7, 11) is 0. The third kappa shape index (κ3) is 5.78. The van der Waals surface area contributed by atoms with Gasteiger partial charge in [-0.1, -0.05) is 0 Å². The second-order valence-corrected chi connectivity index (χ2v) is 5.09. The first-order chi connectivity index (χ1) is 11.1. The number of rotatable bonds is 5. The van der Waals surface area contributed by atoms with Gasteiger partial charge < -0.3 is 28.8 Å². The summed E-state index contributed by atoms with van der Waals surface area (Å²) >= 11 is 0. The smallest absolute Gasteiger partial charge is 0.303 e. The van der Waals surface area contributed by atoms with Gasteiger partial charge in [0.25, 0.3) is 0 Å². The Labute approximate surface area is 137 Å². The highest BCUT2D eigenvalue weighted by molar-refractivity contribution is 5.68. The summed E-state index contributed by atoms with van der Waals surface area (Å²) in [5, 5.41) is 10.0. The predicted octanol–water partition coefficient (Wildman–Crippen LogP) is -0.938. The minimum absolute atomic E-state index is 0.366. The van der Waals surface area contributed by atoms with Crippen LogP contribution in [0.3, 0.4) is 0 Å². The van der Waals surface area contributed by atoms with Crippen LogP contribution in [-0.4, -0.2) is 66.3 Å². The molecule has 5 atom stereocenters. The number of hydrogen-bond donors (Lipinski definition) is 1. The van der Waals surface area contributed by atoms with E-state index >= 15 is 0 Å². The Morgan fingerprint density at radius 1 is 0.792 bits per heavy atom. The van der Waals surface area contributed by atoms with E-state index in [2.05, 4.69) is 0 Å². The Balaban J connectivity index is 3.11. The van der Waals surface area contributed by atoms with Crippen molar-refractivity contribution in [1.29, 1.82) is 0 Å². The molecule has 136 valence electrons. The molecule has 0 unspecified atom stereocenters. The molecule has 0 spiro atoms. The van der Waals surface area contributed by atoms with Crippen molar-refractivity contribution in [2.24, 2.45) is 0 Å². The van der Waals surface area contributed by atoms with Crippen LogP contribution < -0.4 is 0 Å². The van der Waals surface area contributed by atoms with Gasteiger partial charge in [0.05, 0.1) is 0 Å². The molecule has 24 heavy (non-hydrogen) atoms. The average Bonchev–Trinajstić information content (AvgIpc) is 2.42. The second-order valence-electron chi connectivity index (χ2n) is 5.09. The van der Waals surface area contributed by atoms with Crippen molar-refractivity contribution in [2.45, 2.75) is 58.4 Å². The van der Waals surface area contributed by atoms with Crippen molar-refractivity contribution < 1.29 is 48.0 Å². The number of esters is 4. The highest BCUT2D eigenvalue weighted by atomic mass is 16.7. The summed E-state index contributed by atoms with van der Waals surface area (Å²) in [5.74, 6) is -2.87. The molecule has 1 heterocycles. The lowest BCUT2D eigenvalue weighted by atomic mass is 9.98. The van der Waals surface area contributed by atoms with Crippen molar-refractivity contribution in [3.05, 3.63) is 0 Å². The number of aliphatic hydroxyl groups is 1. The fourth-order valence-electron chi connectivity index (χ4n) is 2.21. The molecule has 1 rings (SSSR count). The third-order valence-corrected chi connectivity index (χ3v) is 2.97. The normalized spacial score (nSPS) is 29.3. The molecule has 10 nitrogen and oxygen atoms in total. The first-order valence-electron chi connectivity index (χ1n) is 7.10. The highest BCUT2D eigenvalue weighted by Crippen LogP contribution is 2.28. The van der Waals surface area contributed by atoms with Gasteiger partial charge in [-0.05, 0) is 0 Å². The lowest BCUT2D eigenvalue weighted by molar-refractivity contribution is -0.296. The van der Waals surface area contributed by atoms with Crippen LogP contribution in [0.4, 0.5) is 0 Å². The standard InChI is InChI=1S/C14H20O10/c1-6(15)20-5-10-11(21-7(2)16)12(22-8(3)17)13(14(19)24-10)23-9(4)18/h10-14,19H,5H2,1-4H3/t10-,11-,12-,13+,14+/m1/s1. The first kappa shape index (κ1) is 19.8. The topological polar surface area (TPSA) is 135 Å². The molecule has 0 aromatic heterocycles. The fraction of sp³-hybridized carbons (Fsp3) is 0.714. The van der Waals surface area contributed by atoms with E-state index in [9.17, 15) is 24.3 Å². The van der Waals surface area contributed by atoms with Gasteiger partial charge >= 0.3 is 23.9 Å². The summed E-state index contributed by atoms with van der Waals surface area (Å²) < 4.78 is 25.0. The summed E-state index contributed by atoms with van der Waals surface area (Å²) in [4.78, 5) is 44.9. The Hall–Kier alpha value is -2.20. The SMILES string of the molecule is CC(=O)OC[C@H]1O[C@H](O)[C@@H](OC(C)=O)[C@H](OC(C)=O)[C@@H]1OC(C)=O. The Bertz CT molecular complexity index is 502. The van der Waals surface area contributed by atoms with Crippen LogP contribution in [0.25, 0.3) is 0 Å². The maximum atomic E-state index is 11.3. The zero-order valence-electron chi connectivity index (χ0n) is 13.7. The molecule has 1 aliphatic rings. The van der Waals surface area contributed by atoms with Gasteiger partial charge in [-0.25, -0.2) is 0 Å². The van der Waals surface area contributed by atoms with Crippen LogP contribution >= 0.6 is 0 Å². The van der Waals surface area contributed by atoms with Gasteiger partial charge in [-0.15, -0.1) is 0 Å². The van der Waals surface area contributed by atoms with Crippen LogP contribution in [-0.2, 0) is 42.9 Å². The third-order valence-electron chi connectivity index (χ3n) is 2.97. The van der Waals surface area contributed by atoms with Gasteiger partial charge in [-0.3, -0.25) is 19.2 Å². The number of aliphatic hydroxyl groups excluding tert-OH is 1. The van der Waals surface area contributed by atoms with E-state index in [0.29, 0.717) is 0 Å². The van der Waals surface area contributed by atoms with E-state index in [4.69, 9.17) is 23.7 Å². The Kier molecular flexibility index (Phi) is 7.11. The van der Waals surface area contributed by atoms with Gasteiger partial charge in [0.15, 0.2) is 24.6 Å². The van der Waals surface area contributed by atoms with E-state index in [-0.39, 0.29) is 6.61 Å². The van der Waals surface area contributed by atoms with Gasteiger partial charge in [0.2, 0.25) is 0 Å². The van der Waals surface area contributed by atoms with E-state index < -0.39 is 54.6 Å². The van der Waals surface area contributed by atoms with Crippen LogP contribution in [0.15, 0.2) is 0 Å². The Morgan fingerprint density at radius 3 is 1.71 bits per heavy atom. The number of carbonyl (C=O) groups excluding carboxylic acids is 4. The van der Waals surface area contributed by atoms with Crippen LogP contribution in [0.2, 0.25) is 0 Å². The number of ether oxygens (including phenoxy) is 5. The summed E-state index contributed by atoms with van der Waals surface area (Å²) in [6.45, 7) is 4.09. The molecule has 10 heteroatoms. The zero-order chi connectivity index (χ0) is 18.4. The van der Waals surface area contributed by atoms with Crippen molar-refractivity contribution in [1.82, 2.24) is 0 Å². The van der Waals surface area contributed by atoms with Crippen LogP contribution in [0.1, 0.15) is 27.7 Å². The highest BCUT2D eigenvalue weighted by Gasteiger charge is 2.51. The molecule has 0 bridgehead atoms. The molecule has 1 saturated heterocycles. The maximum Gasteiger partial charge on any atom is 0.303 e. The number of hydrogen-bond acceptors (Lipinski definition) is 10. The minimum atomic E-state index is -1.68. The lowest BCUT2D eigenvalue weighted by Crippen LogP contribution is -2.62. The van der Waals surface area contributed by atoms with Crippen molar-refractivity contribution in [2.75, 3.05) is 6.61 Å². The van der Waals surface area contributed by atoms with E-state index in [1.54, 1.807) is 0 Å². The maximum absolute atomic E-state index is 11.3.